The van der Waals surface area contributed by atoms with Gasteiger partial charge >= 0.3 is 0 Å². The van der Waals surface area contributed by atoms with E-state index in [4.69, 9.17) is 4.42 Å². The zero-order chi connectivity index (χ0) is 13.9. The molecule has 0 saturated carbocycles. The first-order chi connectivity index (χ1) is 8.94. The lowest BCUT2D eigenvalue weighted by Crippen LogP contribution is -2.44. The highest BCUT2D eigenvalue weighted by Gasteiger charge is 2.11. The highest BCUT2D eigenvalue weighted by molar-refractivity contribution is 5.77. The fourth-order valence-electron chi connectivity index (χ4n) is 1.93. The molecule has 3 heteroatoms. The summed E-state index contributed by atoms with van der Waals surface area (Å²) in [4.78, 5) is 0. The van der Waals surface area contributed by atoms with Crippen LogP contribution in [0, 0.1) is 0 Å². The molecule has 0 spiro atoms. The van der Waals surface area contributed by atoms with Crippen molar-refractivity contribution in [1.82, 2.24) is 10.6 Å². The predicted octanol–water partition coefficient (Wildman–Crippen LogP) is 3.30. The van der Waals surface area contributed by atoms with Gasteiger partial charge in [0.15, 0.2) is 0 Å². The second-order valence-electron chi connectivity index (χ2n) is 6.16. The second-order valence-corrected chi connectivity index (χ2v) is 6.16. The minimum atomic E-state index is 0.162. The number of rotatable bonds is 5. The second kappa shape index (κ2) is 5.76. The molecule has 1 aromatic heterocycles. The van der Waals surface area contributed by atoms with Gasteiger partial charge in [0.1, 0.15) is 11.3 Å². The van der Waals surface area contributed by atoms with Gasteiger partial charge in [0.2, 0.25) is 0 Å². The van der Waals surface area contributed by atoms with E-state index >= 15 is 0 Å². The highest BCUT2D eigenvalue weighted by Crippen LogP contribution is 2.18. The summed E-state index contributed by atoms with van der Waals surface area (Å²) in [6.45, 7) is 10.4. The summed E-state index contributed by atoms with van der Waals surface area (Å²) in [5, 5.41) is 8.13. The summed E-state index contributed by atoms with van der Waals surface area (Å²) in [6.07, 6.45) is 0. The quantitative estimate of drug-likeness (QED) is 0.866. The number of nitrogens with one attached hydrogen (secondary N) is 2. The zero-order valence-corrected chi connectivity index (χ0v) is 12.3. The van der Waals surface area contributed by atoms with E-state index in [2.05, 4.69) is 50.5 Å². The molecule has 19 heavy (non-hydrogen) atoms. The first-order valence-electron chi connectivity index (χ1n) is 6.90. The van der Waals surface area contributed by atoms with E-state index in [1.165, 1.54) is 5.39 Å². The van der Waals surface area contributed by atoms with Gasteiger partial charge in [-0.25, -0.2) is 0 Å². The Morgan fingerprint density at radius 3 is 2.63 bits per heavy atom. The normalized spacial score (nSPS) is 13.9. The van der Waals surface area contributed by atoms with Gasteiger partial charge in [-0.3, -0.25) is 0 Å². The van der Waals surface area contributed by atoms with Crippen LogP contribution in [0.5, 0.6) is 0 Å². The van der Waals surface area contributed by atoms with Crippen molar-refractivity contribution in [2.45, 2.75) is 45.8 Å². The molecule has 0 saturated heterocycles. The van der Waals surface area contributed by atoms with Crippen LogP contribution >= 0.6 is 0 Å². The molecule has 1 heterocycles. The van der Waals surface area contributed by atoms with Gasteiger partial charge in [-0.2, -0.15) is 0 Å². The van der Waals surface area contributed by atoms with E-state index in [9.17, 15) is 0 Å². The number of benzene rings is 1. The van der Waals surface area contributed by atoms with Crippen LogP contribution in [0.15, 0.2) is 34.7 Å². The van der Waals surface area contributed by atoms with Gasteiger partial charge in [-0.05, 0) is 39.8 Å². The molecule has 2 N–H and O–H groups in total. The van der Waals surface area contributed by atoms with E-state index in [-0.39, 0.29) is 5.54 Å². The standard InChI is InChI=1S/C16H24N2O/c1-12(10-18-16(2,3)4)17-11-14-9-13-7-5-6-8-15(13)19-14/h5-9,12,17-18H,10-11H2,1-4H3. The number of hydrogen-bond donors (Lipinski definition) is 2. The summed E-state index contributed by atoms with van der Waals surface area (Å²) in [7, 11) is 0. The van der Waals surface area contributed by atoms with Crippen LogP contribution in [0.3, 0.4) is 0 Å². The first-order valence-corrected chi connectivity index (χ1v) is 6.90. The van der Waals surface area contributed by atoms with Gasteiger partial charge in [0, 0.05) is 23.5 Å². The molecule has 0 aliphatic rings. The largest absolute Gasteiger partial charge is 0.460 e. The Kier molecular flexibility index (Phi) is 4.27. The maximum absolute atomic E-state index is 5.78. The molecule has 3 nitrogen and oxygen atoms in total. The van der Waals surface area contributed by atoms with Crippen molar-refractivity contribution in [2.24, 2.45) is 0 Å². The lowest BCUT2D eigenvalue weighted by molar-refractivity contribution is 0.380. The average molecular weight is 260 g/mol. The highest BCUT2D eigenvalue weighted by atomic mass is 16.3. The summed E-state index contributed by atoms with van der Waals surface area (Å²) < 4.78 is 5.78. The van der Waals surface area contributed by atoms with Crippen LogP contribution in [0.2, 0.25) is 0 Å². The number of furan rings is 1. The Morgan fingerprint density at radius 1 is 1.21 bits per heavy atom. The Hall–Kier alpha value is -1.32. The van der Waals surface area contributed by atoms with Crippen LogP contribution in [-0.4, -0.2) is 18.1 Å². The predicted molar refractivity (Wildman–Crippen MR) is 80.3 cm³/mol. The molecule has 1 aromatic carbocycles. The topological polar surface area (TPSA) is 37.2 Å². The van der Waals surface area contributed by atoms with Gasteiger partial charge < -0.3 is 15.1 Å². The molecule has 104 valence electrons. The van der Waals surface area contributed by atoms with Crippen molar-refractivity contribution >= 4 is 11.0 Å². The van der Waals surface area contributed by atoms with Crippen molar-refractivity contribution in [2.75, 3.05) is 6.54 Å². The van der Waals surface area contributed by atoms with Crippen molar-refractivity contribution in [3.8, 4) is 0 Å². The van der Waals surface area contributed by atoms with E-state index < -0.39 is 0 Å². The molecule has 0 bridgehead atoms. The van der Waals surface area contributed by atoms with E-state index in [0.29, 0.717) is 6.04 Å². The summed E-state index contributed by atoms with van der Waals surface area (Å²) in [5.74, 6) is 0.990. The summed E-state index contributed by atoms with van der Waals surface area (Å²) >= 11 is 0. The van der Waals surface area contributed by atoms with Crippen LogP contribution < -0.4 is 10.6 Å². The fraction of sp³-hybridized carbons (Fsp3) is 0.500. The molecule has 0 fully saturated rings. The van der Waals surface area contributed by atoms with Crippen LogP contribution in [0.4, 0.5) is 0 Å². The molecule has 0 radical (unpaired) electrons. The Balaban J connectivity index is 1.84. The molecular weight excluding hydrogens is 236 g/mol. The van der Waals surface area contributed by atoms with Crippen LogP contribution in [-0.2, 0) is 6.54 Å². The molecule has 1 unspecified atom stereocenters. The Morgan fingerprint density at radius 2 is 1.95 bits per heavy atom. The SMILES string of the molecule is CC(CNC(C)(C)C)NCc1cc2ccccc2o1. The molecule has 0 amide bonds. The minimum Gasteiger partial charge on any atom is -0.460 e. The van der Waals surface area contributed by atoms with E-state index in [1.54, 1.807) is 0 Å². The van der Waals surface area contributed by atoms with Crippen molar-refractivity contribution in [1.29, 1.82) is 0 Å². The smallest absolute Gasteiger partial charge is 0.134 e. The molecule has 2 rings (SSSR count). The third kappa shape index (κ3) is 4.37. The molecule has 0 aliphatic carbocycles. The lowest BCUT2D eigenvalue weighted by Gasteiger charge is -2.23. The number of para-hydroxylation sites is 1. The Bertz CT molecular complexity index is 492. The number of hydrogen-bond acceptors (Lipinski definition) is 3. The number of fused-ring (bicyclic) bond motifs is 1. The third-order valence-corrected chi connectivity index (χ3v) is 3.04. The van der Waals surface area contributed by atoms with Gasteiger partial charge in [-0.1, -0.05) is 18.2 Å². The zero-order valence-electron chi connectivity index (χ0n) is 12.3. The maximum atomic E-state index is 5.78. The van der Waals surface area contributed by atoms with Gasteiger partial charge in [0.05, 0.1) is 6.54 Å². The van der Waals surface area contributed by atoms with Gasteiger partial charge in [0.25, 0.3) is 0 Å². The van der Waals surface area contributed by atoms with E-state index in [1.807, 2.05) is 18.2 Å². The fourth-order valence-corrected chi connectivity index (χ4v) is 1.93. The summed E-state index contributed by atoms with van der Waals surface area (Å²) in [6, 6.07) is 10.6. The molecule has 0 aliphatic heterocycles. The van der Waals surface area contributed by atoms with Crippen LogP contribution in [0.25, 0.3) is 11.0 Å². The molecular formula is C16H24N2O. The van der Waals surface area contributed by atoms with Crippen molar-refractivity contribution < 1.29 is 4.42 Å². The van der Waals surface area contributed by atoms with Crippen molar-refractivity contribution in [3.63, 3.8) is 0 Å². The minimum absolute atomic E-state index is 0.162. The van der Waals surface area contributed by atoms with Crippen molar-refractivity contribution in [3.05, 3.63) is 36.1 Å². The third-order valence-electron chi connectivity index (χ3n) is 3.04. The lowest BCUT2D eigenvalue weighted by atomic mass is 10.1. The monoisotopic (exact) mass is 260 g/mol. The average Bonchev–Trinajstić information content (AvgIpc) is 2.75. The van der Waals surface area contributed by atoms with Gasteiger partial charge in [-0.15, -0.1) is 0 Å². The van der Waals surface area contributed by atoms with E-state index in [0.717, 1.165) is 24.4 Å². The summed E-state index contributed by atoms with van der Waals surface area (Å²) in [5.41, 5.74) is 1.12. The molecule has 1 atom stereocenters. The first kappa shape index (κ1) is 14.1. The molecule has 2 aromatic rings. The van der Waals surface area contributed by atoms with Crippen LogP contribution in [0.1, 0.15) is 33.5 Å². The maximum Gasteiger partial charge on any atom is 0.134 e. The Labute approximate surface area is 115 Å².